The van der Waals surface area contributed by atoms with Crippen LogP contribution in [0.2, 0.25) is 0 Å². The van der Waals surface area contributed by atoms with E-state index < -0.39 is 0 Å². The predicted molar refractivity (Wildman–Crippen MR) is 73.6 cm³/mol. The van der Waals surface area contributed by atoms with Crippen LogP contribution in [0.3, 0.4) is 0 Å². The number of aryl methyl sites for hydroxylation is 1. The summed E-state index contributed by atoms with van der Waals surface area (Å²) in [5.41, 5.74) is 2.21. The Morgan fingerprint density at radius 1 is 1.35 bits per heavy atom. The first-order valence-electron chi connectivity index (χ1n) is 6.15. The number of rotatable bonds is 6. The zero-order chi connectivity index (χ0) is 12.9. The Kier molecular flexibility index (Phi) is 4.97. The molecule has 0 amide bonds. The van der Waals surface area contributed by atoms with E-state index in [0.29, 0.717) is 0 Å². The van der Waals surface area contributed by atoms with E-state index in [9.17, 15) is 5.11 Å². The molecule has 0 fully saturated rings. The second-order valence-electron chi connectivity index (χ2n) is 4.89. The van der Waals surface area contributed by atoms with Crippen LogP contribution in [0.25, 0.3) is 0 Å². The van der Waals surface area contributed by atoms with E-state index >= 15 is 0 Å². The fourth-order valence-corrected chi connectivity index (χ4v) is 2.19. The van der Waals surface area contributed by atoms with Crippen molar-refractivity contribution in [2.75, 3.05) is 31.6 Å². The van der Waals surface area contributed by atoms with Crippen LogP contribution in [0.4, 0.5) is 5.69 Å². The molecule has 96 valence electrons. The van der Waals surface area contributed by atoms with Gasteiger partial charge in [-0.2, -0.15) is 0 Å². The number of aliphatic hydroxyl groups is 1. The van der Waals surface area contributed by atoms with E-state index in [-0.39, 0.29) is 12.1 Å². The average molecular weight is 236 g/mol. The summed E-state index contributed by atoms with van der Waals surface area (Å²) < 4.78 is 0. The zero-order valence-electron chi connectivity index (χ0n) is 11.3. The van der Waals surface area contributed by atoms with Crippen LogP contribution in [0, 0.1) is 6.92 Å². The molecule has 1 aromatic rings. The van der Waals surface area contributed by atoms with Gasteiger partial charge in [0.05, 0.1) is 12.1 Å². The Bertz CT molecular complexity index is 354. The average Bonchev–Trinajstić information content (AvgIpc) is 2.29. The Balaban J connectivity index is 2.77. The minimum absolute atomic E-state index is 0.136. The Morgan fingerprint density at radius 2 is 2.00 bits per heavy atom. The predicted octanol–water partition coefficient (Wildman–Crippen LogP) is 1.79. The van der Waals surface area contributed by atoms with E-state index in [4.69, 9.17) is 0 Å². The number of anilines is 1. The molecule has 1 unspecified atom stereocenters. The number of nitrogens with zero attached hydrogens (tertiary/aromatic N) is 1. The number of para-hydroxylation sites is 1. The van der Waals surface area contributed by atoms with Crippen LogP contribution >= 0.6 is 0 Å². The lowest BCUT2D eigenvalue weighted by Gasteiger charge is -2.34. The highest BCUT2D eigenvalue weighted by molar-refractivity contribution is 5.52. The second kappa shape index (κ2) is 6.03. The molecule has 0 aliphatic carbocycles. The third-order valence-electron chi connectivity index (χ3n) is 3.07. The third kappa shape index (κ3) is 3.72. The molecule has 0 bridgehead atoms. The van der Waals surface area contributed by atoms with Crippen molar-refractivity contribution in [3.05, 3.63) is 29.8 Å². The molecule has 0 radical (unpaired) electrons. The summed E-state index contributed by atoms with van der Waals surface area (Å²) in [5.74, 6) is 0. The molecule has 0 aliphatic heterocycles. The normalized spacial score (nSPS) is 14.4. The van der Waals surface area contributed by atoms with Crippen molar-refractivity contribution in [2.24, 2.45) is 0 Å². The Morgan fingerprint density at radius 3 is 2.53 bits per heavy atom. The summed E-state index contributed by atoms with van der Waals surface area (Å²) >= 11 is 0. The first-order chi connectivity index (χ1) is 8.02. The van der Waals surface area contributed by atoms with Crippen molar-refractivity contribution >= 4 is 5.69 Å². The Labute approximate surface area is 104 Å². The molecule has 0 aromatic heterocycles. The number of hydrogen-bond acceptors (Lipinski definition) is 3. The second-order valence-corrected chi connectivity index (χ2v) is 4.89. The largest absolute Gasteiger partial charge is 0.394 e. The van der Waals surface area contributed by atoms with Crippen molar-refractivity contribution in [3.63, 3.8) is 0 Å². The lowest BCUT2D eigenvalue weighted by molar-refractivity contribution is 0.181. The maximum absolute atomic E-state index is 9.49. The highest BCUT2D eigenvalue weighted by Gasteiger charge is 2.24. The topological polar surface area (TPSA) is 35.5 Å². The van der Waals surface area contributed by atoms with Gasteiger partial charge in [0.15, 0.2) is 0 Å². The van der Waals surface area contributed by atoms with Gasteiger partial charge in [0.2, 0.25) is 0 Å². The van der Waals surface area contributed by atoms with Gasteiger partial charge in [0.1, 0.15) is 0 Å². The number of nitrogens with one attached hydrogen (secondary N) is 1. The molecule has 3 heteroatoms. The standard InChI is InChI=1S/C14H24N2O/c1-5-15-14(3,11-17)10-16(4)13-9-7-6-8-12(13)2/h6-9,15,17H,5,10-11H2,1-4H3. The van der Waals surface area contributed by atoms with Gasteiger partial charge in [-0.25, -0.2) is 0 Å². The van der Waals surface area contributed by atoms with Gasteiger partial charge in [0, 0.05) is 19.3 Å². The lowest BCUT2D eigenvalue weighted by Crippen LogP contribution is -2.53. The molecular weight excluding hydrogens is 212 g/mol. The minimum Gasteiger partial charge on any atom is -0.394 e. The number of likely N-dealkylation sites (N-methyl/N-ethyl adjacent to an activating group) is 2. The van der Waals surface area contributed by atoms with E-state index in [1.807, 2.05) is 19.1 Å². The quantitative estimate of drug-likeness (QED) is 0.790. The first-order valence-corrected chi connectivity index (χ1v) is 6.15. The van der Waals surface area contributed by atoms with Crippen molar-refractivity contribution in [1.82, 2.24) is 5.32 Å². The number of aliphatic hydroxyl groups excluding tert-OH is 1. The van der Waals surface area contributed by atoms with Gasteiger partial charge >= 0.3 is 0 Å². The summed E-state index contributed by atoms with van der Waals surface area (Å²) in [6.45, 7) is 7.99. The van der Waals surface area contributed by atoms with E-state index in [1.165, 1.54) is 11.3 Å². The summed E-state index contributed by atoms with van der Waals surface area (Å²) in [6.07, 6.45) is 0. The van der Waals surface area contributed by atoms with Crippen molar-refractivity contribution in [2.45, 2.75) is 26.3 Å². The molecule has 1 aromatic carbocycles. The van der Waals surface area contributed by atoms with Gasteiger partial charge in [-0.3, -0.25) is 0 Å². The van der Waals surface area contributed by atoms with Crippen molar-refractivity contribution < 1.29 is 5.11 Å². The van der Waals surface area contributed by atoms with Gasteiger partial charge in [-0.15, -0.1) is 0 Å². The zero-order valence-corrected chi connectivity index (χ0v) is 11.3. The molecule has 0 saturated heterocycles. The fraction of sp³-hybridized carbons (Fsp3) is 0.571. The summed E-state index contributed by atoms with van der Waals surface area (Å²) in [6, 6.07) is 8.30. The maximum atomic E-state index is 9.49. The number of benzene rings is 1. The highest BCUT2D eigenvalue weighted by Crippen LogP contribution is 2.19. The first kappa shape index (κ1) is 14.0. The maximum Gasteiger partial charge on any atom is 0.0627 e. The molecular formula is C14H24N2O. The minimum atomic E-state index is -0.258. The van der Waals surface area contributed by atoms with Gasteiger partial charge in [-0.1, -0.05) is 25.1 Å². The van der Waals surface area contributed by atoms with Crippen LogP contribution in [-0.4, -0.2) is 37.4 Å². The molecule has 0 saturated carbocycles. The molecule has 1 rings (SSSR count). The third-order valence-corrected chi connectivity index (χ3v) is 3.07. The number of hydrogen-bond donors (Lipinski definition) is 2. The van der Waals surface area contributed by atoms with Crippen LogP contribution in [0.15, 0.2) is 24.3 Å². The van der Waals surface area contributed by atoms with Gasteiger partial charge in [0.25, 0.3) is 0 Å². The Hall–Kier alpha value is -1.06. The van der Waals surface area contributed by atoms with E-state index in [2.05, 4.69) is 43.2 Å². The van der Waals surface area contributed by atoms with Crippen molar-refractivity contribution in [3.8, 4) is 0 Å². The van der Waals surface area contributed by atoms with E-state index in [0.717, 1.165) is 13.1 Å². The molecule has 17 heavy (non-hydrogen) atoms. The van der Waals surface area contributed by atoms with Crippen LogP contribution in [0.1, 0.15) is 19.4 Å². The van der Waals surface area contributed by atoms with E-state index in [1.54, 1.807) is 0 Å². The van der Waals surface area contributed by atoms with Gasteiger partial charge in [-0.05, 0) is 32.0 Å². The van der Waals surface area contributed by atoms with Crippen molar-refractivity contribution in [1.29, 1.82) is 0 Å². The lowest BCUT2D eigenvalue weighted by atomic mass is 10.0. The van der Waals surface area contributed by atoms with Crippen LogP contribution < -0.4 is 10.2 Å². The van der Waals surface area contributed by atoms with Crippen LogP contribution in [0.5, 0.6) is 0 Å². The fourth-order valence-electron chi connectivity index (χ4n) is 2.19. The molecule has 2 N–H and O–H groups in total. The monoisotopic (exact) mass is 236 g/mol. The molecule has 0 heterocycles. The SMILES string of the molecule is CCNC(C)(CO)CN(C)c1ccccc1C. The molecule has 0 spiro atoms. The highest BCUT2D eigenvalue weighted by atomic mass is 16.3. The molecule has 0 aliphatic rings. The van der Waals surface area contributed by atoms with Crippen LogP contribution in [-0.2, 0) is 0 Å². The molecule has 1 atom stereocenters. The molecule has 3 nitrogen and oxygen atoms in total. The van der Waals surface area contributed by atoms with Gasteiger partial charge < -0.3 is 15.3 Å². The smallest absolute Gasteiger partial charge is 0.0627 e. The summed E-state index contributed by atoms with van der Waals surface area (Å²) in [5, 5.41) is 12.8. The summed E-state index contributed by atoms with van der Waals surface area (Å²) in [4.78, 5) is 2.19. The summed E-state index contributed by atoms with van der Waals surface area (Å²) in [7, 11) is 2.06.